The van der Waals surface area contributed by atoms with Crippen LogP contribution in [0.2, 0.25) is 0 Å². The second-order valence-electron chi connectivity index (χ2n) is 3.91. The molecular formula is C16H11ClN2O. The van der Waals surface area contributed by atoms with E-state index in [1.54, 1.807) is 12.3 Å². The van der Waals surface area contributed by atoms with E-state index in [1.165, 1.54) is 0 Å². The molecule has 1 aromatic heterocycles. The summed E-state index contributed by atoms with van der Waals surface area (Å²) in [6.07, 6.45) is 1.60. The molecule has 0 aliphatic rings. The molecule has 1 heterocycles. The first-order valence-electron chi connectivity index (χ1n) is 5.94. The summed E-state index contributed by atoms with van der Waals surface area (Å²) in [5.74, 6) is 6.76. The zero-order valence-electron chi connectivity index (χ0n) is 10.6. The molecule has 0 spiro atoms. The maximum Gasteiger partial charge on any atom is 0.140 e. The summed E-state index contributed by atoms with van der Waals surface area (Å²) in [5.41, 5.74) is 2.14. The van der Waals surface area contributed by atoms with Crippen LogP contribution in [0.4, 0.5) is 0 Å². The second kappa shape index (κ2) is 7.19. The predicted octanol–water partition coefficient (Wildman–Crippen LogP) is 3.12. The third kappa shape index (κ3) is 4.02. The molecule has 3 nitrogen and oxygen atoms in total. The molecule has 2 rings (SSSR count). The highest BCUT2D eigenvalue weighted by molar-refractivity contribution is 6.19. The molecule has 0 fully saturated rings. The predicted molar refractivity (Wildman–Crippen MR) is 77.3 cm³/mol. The van der Waals surface area contributed by atoms with Crippen LogP contribution in [0.15, 0.2) is 42.6 Å². The molecule has 0 radical (unpaired) electrons. The Balaban J connectivity index is 2.05. The largest absolute Gasteiger partial charge is 0.489 e. The molecule has 0 atom stereocenters. The van der Waals surface area contributed by atoms with Crippen LogP contribution in [0, 0.1) is 23.2 Å². The Morgan fingerprint density at radius 2 is 2.15 bits per heavy atom. The van der Waals surface area contributed by atoms with Gasteiger partial charge in [-0.3, -0.25) is 0 Å². The molecule has 98 valence electrons. The molecule has 4 heteroatoms. The Morgan fingerprint density at radius 3 is 2.95 bits per heavy atom. The van der Waals surface area contributed by atoms with Crippen LogP contribution in [0.5, 0.6) is 5.75 Å². The van der Waals surface area contributed by atoms with Crippen molar-refractivity contribution in [2.24, 2.45) is 0 Å². The van der Waals surface area contributed by atoms with Gasteiger partial charge in [-0.15, -0.1) is 11.6 Å². The number of rotatable bonds is 3. The highest BCUT2D eigenvalue weighted by Crippen LogP contribution is 2.14. The first-order chi connectivity index (χ1) is 9.81. The van der Waals surface area contributed by atoms with E-state index in [4.69, 9.17) is 21.6 Å². The first-order valence-corrected chi connectivity index (χ1v) is 6.48. The Hall–Kier alpha value is -2.49. The zero-order chi connectivity index (χ0) is 14.2. The minimum atomic E-state index is 0.305. The summed E-state index contributed by atoms with van der Waals surface area (Å²) in [5, 5.41) is 8.79. The van der Waals surface area contributed by atoms with Gasteiger partial charge in [0.25, 0.3) is 0 Å². The molecule has 2 aromatic rings. The fourth-order valence-electron chi connectivity index (χ4n) is 1.59. The topological polar surface area (TPSA) is 45.9 Å². The van der Waals surface area contributed by atoms with Crippen LogP contribution in [0.1, 0.15) is 16.8 Å². The molecule has 0 N–H and O–H groups in total. The van der Waals surface area contributed by atoms with Crippen molar-refractivity contribution < 1.29 is 4.74 Å². The molecule has 0 saturated carbocycles. The summed E-state index contributed by atoms with van der Waals surface area (Å²) in [6.45, 7) is 0.379. The van der Waals surface area contributed by atoms with Gasteiger partial charge in [0, 0.05) is 11.8 Å². The average Bonchev–Trinajstić information content (AvgIpc) is 2.51. The molecule has 1 aromatic carbocycles. The number of halogens is 1. The Bertz CT molecular complexity index is 695. The fourth-order valence-corrected chi connectivity index (χ4v) is 1.66. The van der Waals surface area contributed by atoms with E-state index in [2.05, 4.69) is 16.8 Å². The monoisotopic (exact) mass is 282 g/mol. The molecular weight excluding hydrogens is 272 g/mol. The van der Waals surface area contributed by atoms with E-state index >= 15 is 0 Å². The summed E-state index contributed by atoms with van der Waals surface area (Å²) < 4.78 is 5.67. The molecule has 0 aliphatic heterocycles. The maximum atomic E-state index is 8.79. The van der Waals surface area contributed by atoms with Crippen molar-refractivity contribution in [2.45, 2.75) is 6.61 Å². The smallest absolute Gasteiger partial charge is 0.140 e. The number of pyridine rings is 1. The lowest BCUT2D eigenvalue weighted by atomic mass is 10.2. The molecule has 0 amide bonds. The quantitative estimate of drug-likeness (QED) is 0.642. The molecule has 0 aliphatic carbocycles. The minimum absolute atomic E-state index is 0.305. The van der Waals surface area contributed by atoms with E-state index in [0.717, 1.165) is 16.9 Å². The van der Waals surface area contributed by atoms with Crippen molar-refractivity contribution in [3.8, 4) is 23.7 Å². The normalized spacial score (nSPS) is 9.20. The summed E-state index contributed by atoms with van der Waals surface area (Å²) in [6, 6.07) is 13.0. The minimum Gasteiger partial charge on any atom is -0.489 e. The van der Waals surface area contributed by atoms with Gasteiger partial charge < -0.3 is 4.74 Å². The van der Waals surface area contributed by atoms with Crippen molar-refractivity contribution >= 4 is 11.6 Å². The maximum absolute atomic E-state index is 8.79. The van der Waals surface area contributed by atoms with E-state index in [1.807, 2.05) is 36.4 Å². The van der Waals surface area contributed by atoms with E-state index in [0.29, 0.717) is 18.2 Å². The van der Waals surface area contributed by atoms with Crippen LogP contribution in [0.25, 0.3) is 0 Å². The van der Waals surface area contributed by atoms with Crippen molar-refractivity contribution in [3.05, 3.63) is 59.4 Å². The van der Waals surface area contributed by atoms with Crippen molar-refractivity contribution in [3.63, 3.8) is 0 Å². The van der Waals surface area contributed by atoms with Gasteiger partial charge >= 0.3 is 0 Å². The van der Waals surface area contributed by atoms with Crippen LogP contribution in [-0.2, 0) is 6.61 Å². The van der Waals surface area contributed by atoms with Gasteiger partial charge in [0.1, 0.15) is 24.1 Å². The van der Waals surface area contributed by atoms with Gasteiger partial charge in [-0.05, 0) is 35.9 Å². The molecule has 0 saturated heterocycles. The average molecular weight is 283 g/mol. The molecule has 0 unspecified atom stereocenters. The van der Waals surface area contributed by atoms with Gasteiger partial charge in [-0.1, -0.05) is 17.9 Å². The van der Waals surface area contributed by atoms with Gasteiger partial charge in [0.05, 0.1) is 5.88 Å². The first kappa shape index (κ1) is 13.9. The standard InChI is InChI=1S/C16H11ClN2O/c17-7-2-4-13-3-1-5-16(10-13)20-12-14-6-8-19-15(9-14)11-18/h1,3,5-6,8-10H,7,12H2. The summed E-state index contributed by atoms with van der Waals surface area (Å²) >= 11 is 5.52. The van der Waals surface area contributed by atoms with Crippen molar-refractivity contribution in [1.82, 2.24) is 4.98 Å². The van der Waals surface area contributed by atoms with Crippen LogP contribution in [0.3, 0.4) is 0 Å². The van der Waals surface area contributed by atoms with E-state index in [-0.39, 0.29) is 0 Å². The van der Waals surface area contributed by atoms with Crippen molar-refractivity contribution in [1.29, 1.82) is 5.26 Å². The third-order valence-electron chi connectivity index (χ3n) is 2.48. The number of nitriles is 1. The van der Waals surface area contributed by atoms with Crippen LogP contribution < -0.4 is 4.74 Å². The van der Waals surface area contributed by atoms with Gasteiger partial charge in [-0.2, -0.15) is 5.26 Å². The van der Waals surface area contributed by atoms with E-state index in [9.17, 15) is 0 Å². The number of nitrogens with zero attached hydrogens (tertiary/aromatic N) is 2. The second-order valence-corrected chi connectivity index (χ2v) is 4.18. The Kier molecular flexibility index (Phi) is 5.00. The van der Waals surface area contributed by atoms with E-state index < -0.39 is 0 Å². The molecule has 0 bridgehead atoms. The molecule has 20 heavy (non-hydrogen) atoms. The number of ether oxygens (including phenoxy) is 1. The number of alkyl halides is 1. The number of aromatic nitrogens is 1. The lowest BCUT2D eigenvalue weighted by molar-refractivity contribution is 0.306. The third-order valence-corrected chi connectivity index (χ3v) is 2.61. The number of hydrogen-bond acceptors (Lipinski definition) is 3. The van der Waals surface area contributed by atoms with Gasteiger partial charge in [-0.25, -0.2) is 4.98 Å². The number of hydrogen-bond donors (Lipinski definition) is 0. The lowest BCUT2D eigenvalue weighted by Gasteiger charge is -2.06. The van der Waals surface area contributed by atoms with Crippen LogP contribution in [-0.4, -0.2) is 10.9 Å². The summed E-state index contributed by atoms with van der Waals surface area (Å²) in [4.78, 5) is 3.91. The Morgan fingerprint density at radius 1 is 1.25 bits per heavy atom. The van der Waals surface area contributed by atoms with Gasteiger partial charge in [0.15, 0.2) is 0 Å². The van der Waals surface area contributed by atoms with Gasteiger partial charge in [0.2, 0.25) is 0 Å². The van der Waals surface area contributed by atoms with Crippen molar-refractivity contribution in [2.75, 3.05) is 5.88 Å². The van der Waals surface area contributed by atoms with Crippen LogP contribution >= 0.6 is 11.6 Å². The highest BCUT2D eigenvalue weighted by Gasteiger charge is 1.99. The Labute approximate surface area is 122 Å². The zero-order valence-corrected chi connectivity index (χ0v) is 11.4. The highest BCUT2D eigenvalue weighted by atomic mass is 35.5. The SMILES string of the molecule is N#Cc1cc(COc2cccc(C#CCCl)c2)ccn1. The lowest BCUT2D eigenvalue weighted by Crippen LogP contribution is -1.97. The number of benzene rings is 1. The summed E-state index contributed by atoms with van der Waals surface area (Å²) in [7, 11) is 0. The fraction of sp³-hybridized carbons (Fsp3) is 0.125.